The molecule has 4 nitrogen and oxygen atoms in total. The summed E-state index contributed by atoms with van der Waals surface area (Å²) in [6, 6.07) is 9.65. The van der Waals surface area contributed by atoms with Crippen LogP contribution in [0.25, 0.3) is 0 Å². The number of benzene rings is 1. The molecule has 0 heterocycles. The number of halogens is 1. The second kappa shape index (κ2) is 9.21. The summed E-state index contributed by atoms with van der Waals surface area (Å²) in [5, 5.41) is 26.3. The van der Waals surface area contributed by atoms with E-state index >= 15 is 0 Å². The minimum absolute atomic E-state index is 0. The van der Waals surface area contributed by atoms with Crippen molar-refractivity contribution < 1.29 is 15.3 Å². The largest absolute Gasteiger partial charge is 0.384 e. The molecule has 88 valence electrons. The van der Waals surface area contributed by atoms with Crippen molar-refractivity contribution in [3.8, 4) is 0 Å². The third-order valence-electron chi connectivity index (χ3n) is 1.64. The molecule has 0 amide bonds. The molecule has 6 N–H and O–H groups in total. The number of hydrogen-bond acceptors (Lipinski definition) is 4. The van der Waals surface area contributed by atoms with E-state index < -0.39 is 12.1 Å². The molecule has 1 aromatic carbocycles. The SMILES string of the molecule is Br.N.OC(O)C(O)PCc1ccccc1. The highest BCUT2D eigenvalue weighted by atomic mass is 79.9. The number of rotatable bonds is 4. The van der Waals surface area contributed by atoms with E-state index in [9.17, 15) is 0 Å². The molecule has 0 saturated heterocycles. The van der Waals surface area contributed by atoms with Gasteiger partial charge in [0.15, 0.2) is 6.29 Å². The van der Waals surface area contributed by atoms with Gasteiger partial charge in [-0.15, -0.1) is 17.0 Å². The first-order chi connectivity index (χ1) is 6.20. The maximum Gasteiger partial charge on any atom is 0.181 e. The van der Waals surface area contributed by atoms with E-state index in [0.29, 0.717) is 6.16 Å². The lowest BCUT2D eigenvalue weighted by atomic mass is 10.2. The highest BCUT2D eigenvalue weighted by Crippen LogP contribution is 2.24. The van der Waals surface area contributed by atoms with Gasteiger partial charge < -0.3 is 21.5 Å². The van der Waals surface area contributed by atoms with Crippen LogP contribution in [0.3, 0.4) is 0 Å². The molecule has 0 saturated carbocycles. The molecular formula is C9H17BrNO3P. The maximum absolute atomic E-state index is 9.10. The van der Waals surface area contributed by atoms with Crippen molar-refractivity contribution in [3.63, 3.8) is 0 Å². The van der Waals surface area contributed by atoms with Crippen LogP contribution in [0.15, 0.2) is 30.3 Å². The van der Waals surface area contributed by atoms with E-state index in [2.05, 4.69) is 0 Å². The van der Waals surface area contributed by atoms with Crippen molar-refractivity contribution >= 4 is 25.6 Å². The summed E-state index contributed by atoms with van der Waals surface area (Å²) in [6.07, 6.45) is -0.943. The van der Waals surface area contributed by atoms with Crippen LogP contribution in [0.1, 0.15) is 5.56 Å². The first-order valence-electron chi connectivity index (χ1n) is 4.01. The van der Waals surface area contributed by atoms with Gasteiger partial charge >= 0.3 is 0 Å². The molecule has 0 spiro atoms. The Morgan fingerprint density at radius 3 is 2.07 bits per heavy atom. The van der Waals surface area contributed by atoms with E-state index in [1.54, 1.807) is 0 Å². The maximum atomic E-state index is 9.10. The van der Waals surface area contributed by atoms with Crippen molar-refractivity contribution in [1.29, 1.82) is 0 Å². The third kappa shape index (κ3) is 6.95. The number of aliphatic hydroxyl groups excluding tert-OH is 2. The van der Waals surface area contributed by atoms with Crippen LogP contribution in [0.4, 0.5) is 0 Å². The van der Waals surface area contributed by atoms with E-state index in [0.717, 1.165) is 5.56 Å². The zero-order valence-corrected chi connectivity index (χ0v) is 10.9. The first-order valence-corrected chi connectivity index (χ1v) is 5.30. The van der Waals surface area contributed by atoms with E-state index in [-0.39, 0.29) is 31.7 Å². The Morgan fingerprint density at radius 2 is 1.60 bits per heavy atom. The van der Waals surface area contributed by atoms with Crippen molar-refractivity contribution in [2.24, 2.45) is 0 Å². The summed E-state index contributed by atoms with van der Waals surface area (Å²) >= 11 is 0. The Labute approximate surface area is 101 Å². The Balaban J connectivity index is 0. The summed E-state index contributed by atoms with van der Waals surface area (Å²) < 4.78 is 0. The van der Waals surface area contributed by atoms with Gasteiger partial charge in [0, 0.05) is 0 Å². The average Bonchev–Trinajstić information content (AvgIpc) is 2.15. The van der Waals surface area contributed by atoms with Gasteiger partial charge in [-0.2, -0.15) is 0 Å². The lowest BCUT2D eigenvalue weighted by Gasteiger charge is -2.11. The molecule has 0 aromatic heterocycles. The zero-order chi connectivity index (χ0) is 9.68. The molecule has 0 aliphatic carbocycles. The van der Waals surface area contributed by atoms with Crippen LogP contribution < -0.4 is 6.15 Å². The molecule has 0 aliphatic heterocycles. The topological polar surface area (TPSA) is 95.7 Å². The Bertz CT molecular complexity index is 248. The molecule has 0 fully saturated rings. The normalized spacial score (nSPS) is 12.3. The molecule has 0 bridgehead atoms. The smallest absolute Gasteiger partial charge is 0.181 e. The molecular weight excluding hydrogens is 281 g/mol. The van der Waals surface area contributed by atoms with Gasteiger partial charge in [-0.3, -0.25) is 0 Å². The van der Waals surface area contributed by atoms with Crippen LogP contribution in [0.5, 0.6) is 0 Å². The van der Waals surface area contributed by atoms with Gasteiger partial charge in [-0.1, -0.05) is 38.9 Å². The van der Waals surface area contributed by atoms with E-state index in [1.807, 2.05) is 30.3 Å². The lowest BCUT2D eigenvalue weighted by molar-refractivity contribution is -0.0898. The third-order valence-corrected chi connectivity index (χ3v) is 2.97. The minimum atomic E-state index is -1.62. The van der Waals surface area contributed by atoms with Crippen molar-refractivity contribution in [1.82, 2.24) is 6.15 Å². The molecule has 2 atom stereocenters. The van der Waals surface area contributed by atoms with Gasteiger partial charge in [-0.05, 0) is 11.7 Å². The second-order valence-corrected chi connectivity index (χ2v) is 4.08. The molecule has 1 aromatic rings. The van der Waals surface area contributed by atoms with Gasteiger partial charge in [0.25, 0.3) is 0 Å². The number of aliphatic hydroxyl groups is 3. The van der Waals surface area contributed by atoms with E-state index in [1.165, 1.54) is 0 Å². The van der Waals surface area contributed by atoms with Gasteiger partial charge in [0.1, 0.15) is 5.85 Å². The molecule has 6 heteroatoms. The van der Waals surface area contributed by atoms with Crippen molar-refractivity contribution in [2.45, 2.75) is 18.3 Å². The molecule has 0 radical (unpaired) electrons. The van der Waals surface area contributed by atoms with Crippen molar-refractivity contribution in [3.05, 3.63) is 35.9 Å². The van der Waals surface area contributed by atoms with Gasteiger partial charge in [-0.25, -0.2) is 0 Å². The fourth-order valence-electron chi connectivity index (χ4n) is 0.924. The zero-order valence-electron chi connectivity index (χ0n) is 8.21. The first kappa shape index (κ1) is 17.4. The quantitative estimate of drug-likeness (QED) is 0.496. The monoisotopic (exact) mass is 297 g/mol. The van der Waals surface area contributed by atoms with Crippen LogP contribution in [-0.4, -0.2) is 27.5 Å². The van der Waals surface area contributed by atoms with Crippen LogP contribution in [-0.2, 0) is 6.16 Å². The standard InChI is InChI=1S/C9H13O3P.BrH.H3N/c10-8(11)9(12)13-6-7-4-2-1-3-5-7;;/h1-5,8-13H,6H2;1H;1H3. The summed E-state index contributed by atoms with van der Waals surface area (Å²) in [7, 11) is 0.119. The van der Waals surface area contributed by atoms with E-state index in [4.69, 9.17) is 15.3 Å². The highest BCUT2D eigenvalue weighted by Gasteiger charge is 2.11. The molecule has 2 unspecified atom stereocenters. The molecule has 15 heavy (non-hydrogen) atoms. The predicted molar refractivity (Wildman–Crippen MR) is 68.0 cm³/mol. The summed E-state index contributed by atoms with van der Waals surface area (Å²) in [4.78, 5) is 0. The lowest BCUT2D eigenvalue weighted by Crippen LogP contribution is -2.20. The van der Waals surface area contributed by atoms with Crippen LogP contribution >= 0.6 is 25.6 Å². The van der Waals surface area contributed by atoms with Gasteiger partial charge in [0.2, 0.25) is 0 Å². The Kier molecular flexibility index (Phi) is 10.7. The van der Waals surface area contributed by atoms with Gasteiger partial charge in [0.05, 0.1) is 0 Å². The fraction of sp³-hybridized carbons (Fsp3) is 0.333. The second-order valence-electron chi connectivity index (χ2n) is 2.72. The Hall–Kier alpha value is -0.0300. The highest BCUT2D eigenvalue weighted by molar-refractivity contribution is 8.93. The fourth-order valence-corrected chi connectivity index (χ4v) is 1.82. The average molecular weight is 298 g/mol. The Morgan fingerprint density at radius 1 is 1.07 bits per heavy atom. The van der Waals surface area contributed by atoms with Crippen LogP contribution in [0, 0.1) is 0 Å². The molecule has 0 aliphatic rings. The summed E-state index contributed by atoms with van der Waals surface area (Å²) in [5.41, 5.74) is 1.10. The summed E-state index contributed by atoms with van der Waals surface area (Å²) in [6.45, 7) is 0. The van der Waals surface area contributed by atoms with Crippen LogP contribution in [0.2, 0.25) is 0 Å². The van der Waals surface area contributed by atoms with Crippen molar-refractivity contribution in [2.75, 3.05) is 0 Å². The molecule has 1 rings (SSSR count). The minimum Gasteiger partial charge on any atom is -0.384 e. The number of hydrogen-bond donors (Lipinski definition) is 4. The summed E-state index contributed by atoms with van der Waals surface area (Å²) in [5.74, 6) is -1.03. The predicted octanol–water partition coefficient (Wildman–Crippen LogP) is 1.23.